The van der Waals surface area contributed by atoms with E-state index in [1.807, 2.05) is 35.7 Å². The Labute approximate surface area is 106 Å². The number of fused-ring (bicyclic) bond motifs is 1. The molecule has 2 aromatic rings. The molecule has 2 heterocycles. The fraction of sp³-hybridized carbons (Fsp3) is 0.462. The second-order valence-electron chi connectivity index (χ2n) is 4.13. The minimum absolute atomic E-state index is 0.0455. The SMILES string of the molecule is CCN(CCCO)c1nc2ccccn2c1CO. The highest BCUT2D eigenvalue weighted by atomic mass is 16.3. The quantitative estimate of drug-likeness (QED) is 0.803. The third-order valence-electron chi connectivity index (χ3n) is 3.02. The van der Waals surface area contributed by atoms with Crippen molar-refractivity contribution < 1.29 is 10.2 Å². The molecule has 18 heavy (non-hydrogen) atoms. The number of hydrogen-bond donors (Lipinski definition) is 2. The summed E-state index contributed by atoms with van der Waals surface area (Å²) in [6.07, 6.45) is 2.60. The third kappa shape index (κ3) is 2.32. The molecule has 0 saturated carbocycles. The monoisotopic (exact) mass is 249 g/mol. The molecule has 0 amide bonds. The average Bonchev–Trinajstić information content (AvgIpc) is 2.78. The molecule has 0 radical (unpaired) electrons. The lowest BCUT2D eigenvalue weighted by molar-refractivity contribution is 0.275. The molecule has 0 unspecified atom stereocenters. The first kappa shape index (κ1) is 12.9. The van der Waals surface area contributed by atoms with Gasteiger partial charge in [-0.05, 0) is 25.5 Å². The summed E-state index contributed by atoms with van der Waals surface area (Å²) in [5.74, 6) is 0.805. The number of imidazole rings is 1. The maximum absolute atomic E-state index is 9.54. The number of rotatable bonds is 6. The van der Waals surface area contributed by atoms with Crippen LogP contribution in [-0.2, 0) is 6.61 Å². The van der Waals surface area contributed by atoms with Crippen LogP contribution in [0.25, 0.3) is 5.65 Å². The summed E-state index contributed by atoms with van der Waals surface area (Å²) in [5.41, 5.74) is 1.63. The zero-order chi connectivity index (χ0) is 13.0. The van der Waals surface area contributed by atoms with E-state index in [4.69, 9.17) is 5.11 Å². The summed E-state index contributed by atoms with van der Waals surface area (Å²) in [6.45, 7) is 3.71. The highest BCUT2D eigenvalue weighted by molar-refractivity contribution is 5.55. The zero-order valence-electron chi connectivity index (χ0n) is 10.6. The van der Waals surface area contributed by atoms with E-state index < -0.39 is 0 Å². The molecule has 0 aliphatic carbocycles. The fourth-order valence-electron chi connectivity index (χ4n) is 2.11. The molecule has 0 aliphatic rings. The molecule has 0 bridgehead atoms. The van der Waals surface area contributed by atoms with Crippen LogP contribution in [0.1, 0.15) is 19.0 Å². The smallest absolute Gasteiger partial charge is 0.153 e. The van der Waals surface area contributed by atoms with Gasteiger partial charge < -0.3 is 15.1 Å². The van der Waals surface area contributed by atoms with Crippen LogP contribution in [-0.4, -0.2) is 39.3 Å². The van der Waals surface area contributed by atoms with Crippen LogP contribution in [0.3, 0.4) is 0 Å². The summed E-state index contributed by atoms with van der Waals surface area (Å²) >= 11 is 0. The Hall–Kier alpha value is -1.59. The fourth-order valence-corrected chi connectivity index (χ4v) is 2.11. The van der Waals surface area contributed by atoms with Crippen molar-refractivity contribution in [2.75, 3.05) is 24.6 Å². The Morgan fingerprint density at radius 2 is 2.17 bits per heavy atom. The van der Waals surface area contributed by atoms with Crippen LogP contribution in [0, 0.1) is 0 Å². The number of pyridine rings is 1. The van der Waals surface area contributed by atoms with Gasteiger partial charge in [-0.3, -0.25) is 4.40 Å². The van der Waals surface area contributed by atoms with E-state index in [1.165, 1.54) is 0 Å². The molecule has 98 valence electrons. The van der Waals surface area contributed by atoms with Crippen LogP contribution in [0.4, 0.5) is 5.82 Å². The van der Waals surface area contributed by atoms with Crippen molar-refractivity contribution in [3.05, 3.63) is 30.1 Å². The number of hydrogen-bond acceptors (Lipinski definition) is 4. The molecular weight excluding hydrogens is 230 g/mol. The van der Waals surface area contributed by atoms with E-state index in [-0.39, 0.29) is 13.2 Å². The normalized spacial score (nSPS) is 11.1. The van der Waals surface area contributed by atoms with E-state index in [2.05, 4.69) is 9.88 Å². The van der Waals surface area contributed by atoms with Gasteiger partial charge in [-0.1, -0.05) is 6.07 Å². The van der Waals surface area contributed by atoms with Gasteiger partial charge in [-0.15, -0.1) is 0 Å². The van der Waals surface area contributed by atoms with Gasteiger partial charge in [-0.25, -0.2) is 4.98 Å². The van der Waals surface area contributed by atoms with Crippen molar-refractivity contribution in [2.45, 2.75) is 20.0 Å². The lowest BCUT2D eigenvalue weighted by Gasteiger charge is -2.21. The second-order valence-corrected chi connectivity index (χ2v) is 4.13. The predicted molar refractivity (Wildman–Crippen MR) is 70.7 cm³/mol. The highest BCUT2D eigenvalue weighted by Gasteiger charge is 2.15. The third-order valence-corrected chi connectivity index (χ3v) is 3.02. The van der Waals surface area contributed by atoms with Crippen molar-refractivity contribution in [2.24, 2.45) is 0 Å². The van der Waals surface area contributed by atoms with E-state index in [1.54, 1.807) is 0 Å². The van der Waals surface area contributed by atoms with E-state index >= 15 is 0 Å². The molecule has 2 aromatic heterocycles. The maximum Gasteiger partial charge on any atom is 0.153 e. The van der Waals surface area contributed by atoms with Crippen LogP contribution >= 0.6 is 0 Å². The van der Waals surface area contributed by atoms with Gasteiger partial charge in [0.1, 0.15) is 5.65 Å². The molecule has 5 nitrogen and oxygen atoms in total. The molecule has 0 spiro atoms. The lowest BCUT2D eigenvalue weighted by Crippen LogP contribution is -2.26. The lowest BCUT2D eigenvalue weighted by atomic mass is 10.3. The number of aliphatic hydroxyl groups is 2. The Morgan fingerprint density at radius 1 is 1.33 bits per heavy atom. The Morgan fingerprint density at radius 3 is 2.83 bits per heavy atom. The molecule has 2 rings (SSSR count). The number of anilines is 1. The summed E-state index contributed by atoms with van der Waals surface area (Å²) in [4.78, 5) is 6.63. The summed E-state index contributed by atoms with van der Waals surface area (Å²) in [6, 6.07) is 5.77. The number of aliphatic hydroxyl groups excluding tert-OH is 2. The number of nitrogens with zero attached hydrogens (tertiary/aromatic N) is 3. The zero-order valence-corrected chi connectivity index (χ0v) is 10.6. The summed E-state index contributed by atoms with van der Waals surface area (Å²) in [5, 5.41) is 18.5. The Bertz CT molecular complexity index is 510. The first-order chi connectivity index (χ1) is 8.81. The molecule has 0 aromatic carbocycles. The topological polar surface area (TPSA) is 61.0 Å². The van der Waals surface area contributed by atoms with Gasteiger partial charge in [0.2, 0.25) is 0 Å². The molecule has 0 aliphatic heterocycles. The van der Waals surface area contributed by atoms with E-state index in [0.29, 0.717) is 6.42 Å². The minimum atomic E-state index is -0.0455. The van der Waals surface area contributed by atoms with Crippen molar-refractivity contribution in [1.82, 2.24) is 9.38 Å². The van der Waals surface area contributed by atoms with Crippen molar-refractivity contribution in [1.29, 1.82) is 0 Å². The first-order valence-electron chi connectivity index (χ1n) is 6.24. The molecule has 0 saturated heterocycles. The Balaban J connectivity index is 2.41. The van der Waals surface area contributed by atoms with Crippen molar-refractivity contribution in [3.63, 3.8) is 0 Å². The van der Waals surface area contributed by atoms with Gasteiger partial charge in [-0.2, -0.15) is 0 Å². The molecule has 0 fully saturated rings. The maximum atomic E-state index is 9.54. The average molecular weight is 249 g/mol. The number of aromatic nitrogens is 2. The Kier molecular flexibility index (Phi) is 4.17. The summed E-state index contributed by atoms with van der Waals surface area (Å²) < 4.78 is 1.90. The van der Waals surface area contributed by atoms with Gasteiger partial charge in [0.05, 0.1) is 12.3 Å². The predicted octanol–water partition coefficient (Wildman–Crippen LogP) is 1.04. The molecule has 0 atom stereocenters. The van der Waals surface area contributed by atoms with Crippen LogP contribution in [0.5, 0.6) is 0 Å². The van der Waals surface area contributed by atoms with Crippen LogP contribution in [0.15, 0.2) is 24.4 Å². The van der Waals surface area contributed by atoms with Crippen LogP contribution in [0.2, 0.25) is 0 Å². The van der Waals surface area contributed by atoms with Gasteiger partial charge >= 0.3 is 0 Å². The largest absolute Gasteiger partial charge is 0.396 e. The van der Waals surface area contributed by atoms with E-state index in [0.717, 1.165) is 30.2 Å². The van der Waals surface area contributed by atoms with Gasteiger partial charge in [0.15, 0.2) is 5.82 Å². The van der Waals surface area contributed by atoms with E-state index in [9.17, 15) is 5.11 Å². The van der Waals surface area contributed by atoms with Crippen molar-refractivity contribution >= 4 is 11.5 Å². The molecule has 5 heteroatoms. The molecular formula is C13H19N3O2. The summed E-state index contributed by atoms with van der Waals surface area (Å²) in [7, 11) is 0. The first-order valence-corrected chi connectivity index (χ1v) is 6.24. The second kappa shape index (κ2) is 5.84. The highest BCUT2D eigenvalue weighted by Crippen LogP contribution is 2.21. The molecule has 2 N–H and O–H groups in total. The minimum Gasteiger partial charge on any atom is -0.396 e. The van der Waals surface area contributed by atoms with Gasteiger partial charge in [0, 0.05) is 25.9 Å². The standard InChI is InChI=1S/C13H19N3O2/c1-2-15(7-5-9-17)13-11(10-18)16-8-4-3-6-12(16)14-13/h3-4,6,8,17-18H,2,5,7,9-10H2,1H3. The van der Waals surface area contributed by atoms with Crippen LogP contribution < -0.4 is 4.90 Å². The van der Waals surface area contributed by atoms with Gasteiger partial charge in [0.25, 0.3) is 0 Å². The van der Waals surface area contributed by atoms with Crippen molar-refractivity contribution in [3.8, 4) is 0 Å².